The minimum atomic E-state index is -0.507. The molecule has 0 saturated heterocycles. The number of carbonyl (C=O) groups is 2. The topological polar surface area (TPSA) is 93.5 Å². The number of rotatable bonds is 5. The summed E-state index contributed by atoms with van der Waals surface area (Å²) in [4.78, 5) is 31.6. The molecule has 1 aliphatic heterocycles. The van der Waals surface area contributed by atoms with Gasteiger partial charge >= 0.3 is 0 Å². The Balaban J connectivity index is 1.56. The minimum Gasteiger partial charge on any atom is -0.497 e. The van der Waals surface area contributed by atoms with E-state index in [-0.39, 0.29) is 17.6 Å². The fraction of sp³-hybridized carbons (Fsp3) is 0.250. The maximum Gasteiger partial charge on any atom is 0.255 e. The molecule has 2 aliphatic rings. The summed E-state index contributed by atoms with van der Waals surface area (Å²) in [5.41, 5.74) is 4.34. The average molecular weight is 470 g/mol. The molecule has 2 N–H and O–H groups in total. The maximum atomic E-state index is 13.6. The highest BCUT2D eigenvalue weighted by molar-refractivity contribution is 6.09. The number of hydrogen-bond acceptors (Lipinski definition) is 6. The van der Waals surface area contributed by atoms with Gasteiger partial charge in [-0.05, 0) is 62.2 Å². The highest BCUT2D eigenvalue weighted by atomic mass is 16.5. The fourth-order valence-corrected chi connectivity index (χ4v) is 4.99. The van der Waals surface area contributed by atoms with Crippen molar-refractivity contribution in [1.82, 2.24) is 10.3 Å². The third-order valence-electron chi connectivity index (χ3n) is 6.60. The lowest BCUT2D eigenvalue weighted by Gasteiger charge is -2.36. The molecule has 0 fully saturated rings. The van der Waals surface area contributed by atoms with Gasteiger partial charge in [-0.1, -0.05) is 18.2 Å². The van der Waals surface area contributed by atoms with Gasteiger partial charge in [-0.15, -0.1) is 0 Å². The number of benzene rings is 1. The van der Waals surface area contributed by atoms with Crippen LogP contribution in [0.2, 0.25) is 0 Å². The van der Waals surface area contributed by atoms with E-state index in [0.29, 0.717) is 41.3 Å². The Morgan fingerprint density at radius 1 is 1.09 bits per heavy atom. The van der Waals surface area contributed by atoms with Gasteiger partial charge in [0.05, 0.1) is 13.4 Å². The maximum absolute atomic E-state index is 13.6. The lowest BCUT2D eigenvalue weighted by molar-refractivity contribution is -0.116. The van der Waals surface area contributed by atoms with E-state index in [4.69, 9.17) is 9.15 Å². The van der Waals surface area contributed by atoms with Crippen LogP contribution in [0, 0.1) is 6.92 Å². The zero-order valence-corrected chi connectivity index (χ0v) is 19.9. The molecule has 178 valence electrons. The molecule has 2 atom stereocenters. The third-order valence-corrected chi connectivity index (χ3v) is 6.60. The number of furan rings is 1. The first kappa shape index (κ1) is 22.7. The third kappa shape index (κ3) is 4.37. The van der Waals surface area contributed by atoms with Gasteiger partial charge in [-0.25, -0.2) is 4.98 Å². The second kappa shape index (κ2) is 9.25. The van der Waals surface area contributed by atoms with Gasteiger partial charge in [0.25, 0.3) is 5.91 Å². The molecule has 0 spiro atoms. The van der Waals surface area contributed by atoms with Crippen LogP contribution in [0.25, 0.3) is 0 Å². The highest BCUT2D eigenvalue weighted by Crippen LogP contribution is 2.45. The molecule has 3 aromatic rings. The van der Waals surface area contributed by atoms with E-state index < -0.39 is 5.92 Å². The number of hydrogen-bond donors (Lipinski definition) is 2. The van der Waals surface area contributed by atoms with Crippen LogP contribution in [0.1, 0.15) is 48.6 Å². The Hall–Kier alpha value is -4.13. The lowest BCUT2D eigenvalue weighted by Crippen LogP contribution is -2.37. The molecule has 7 nitrogen and oxygen atoms in total. The van der Waals surface area contributed by atoms with Crippen molar-refractivity contribution in [3.63, 3.8) is 0 Å². The SMILES string of the molecule is COc1ccc(C2C(C(=O)Nc3cccc(C)n3)=C(C)NC3=C2C(=O)CC(c2ccco2)C3)cc1. The Labute approximate surface area is 203 Å². The molecular weight excluding hydrogens is 442 g/mol. The van der Waals surface area contributed by atoms with E-state index in [0.717, 1.165) is 22.7 Å². The summed E-state index contributed by atoms with van der Waals surface area (Å²) in [7, 11) is 1.61. The standard InChI is InChI=1S/C28H27N3O4/c1-16-6-4-8-24(29-16)31-28(33)25-17(2)30-21-14-19(23-7-5-13-35-23)15-22(32)27(21)26(25)18-9-11-20(34-3)12-10-18/h4-13,19,26,30H,14-15H2,1-3H3,(H,29,31,33). The fourth-order valence-electron chi connectivity index (χ4n) is 4.99. The molecule has 1 aliphatic carbocycles. The van der Waals surface area contributed by atoms with Crippen LogP contribution in [-0.4, -0.2) is 23.8 Å². The number of Topliss-reactive ketones (excluding diaryl/α,β-unsaturated/α-hetero) is 1. The van der Waals surface area contributed by atoms with Crippen molar-refractivity contribution in [3.05, 3.63) is 100 Å². The van der Waals surface area contributed by atoms with Gasteiger partial charge in [0.15, 0.2) is 5.78 Å². The number of ether oxygens (including phenoxy) is 1. The quantitative estimate of drug-likeness (QED) is 0.547. The summed E-state index contributed by atoms with van der Waals surface area (Å²) in [6.45, 7) is 3.75. The van der Waals surface area contributed by atoms with Crippen LogP contribution in [-0.2, 0) is 9.59 Å². The number of methoxy groups -OCH3 is 1. The van der Waals surface area contributed by atoms with Gasteiger partial charge in [0.2, 0.25) is 0 Å². The second-order valence-electron chi connectivity index (χ2n) is 8.92. The number of nitrogens with zero attached hydrogens (tertiary/aromatic N) is 1. The monoisotopic (exact) mass is 469 g/mol. The van der Waals surface area contributed by atoms with Gasteiger partial charge in [-0.3, -0.25) is 9.59 Å². The number of ketones is 1. The predicted octanol–water partition coefficient (Wildman–Crippen LogP) is 4.99. The first-order valence-electron chi connectivity index (χ1n) is 11.6. The van der Waals surface area contributed by atoms with Crippen LogP contribution < -0.4 is 15.4 Å². The molecule has 0 saturated carbocycles. The Morgan fingerprint density at radius 3 is 2.57 bits per heavy atom. The second-order valence-corrected chi connectivity index (χ2v) is 8.92. The highest BCUT2D eigenvalue weighted by Gasteiger charge is 2.41. The summed E-state index contributed by atoms with van der Waals surface area (Å²) in [6, 6.07) is 16.7. The largest absolute Gasteiger partial charge is 0.497 e. The molecule has 5 rings (SSSR count). The molecule has 0 bridgehead atoms. The van der Waals surface area contributed by atoms with Crippen molar-refractivity contribution in [2.24, 2.45) is 0 Å². The normalized spacial score (nSPS) is 19.8. The summed E-state index contributed by atoms with van der Waals surface area (Å²) in [5, 5.41) is 6.31. The van der Waals surface area contributed by atoms with Crippen molar-refractivity contribution in [2.75, 3.05) is 12.4 Å². The Bertz CT molecular complexity index is 1340. The van der Waals surface area contributed by atoms with Crippen LogP contribution in [0.4, 0.5) is 5.82 Å². The number of aromatic nitrogens is 1. The number of amides is 1. The minimum absolute atomic E-state index is 0.00690. The molecule has 1 aromatic carbocycles. The Kier molecular flexibility index (Phi) is 5.99. The zero-order valence-electron chi connectivity index (χ0n) is 19.9. The van der Waals surface area contributed by atoms with Crippen LogP contribution >= 0.6 is 0 Å². The first-order chi connectivity index (χ1) is 16.9. The molecule has 35 heavy (non-hydrogen) atoms. The summed E-state index contributed by atoms with van der Waals surface area (Å²) < 4.78 is 10.9. The smallest absolute Gasteiger partial charge is 0.255 e. The van der Waals surface area contributed by atoms with Gasteiger partial charge < -0.3 is 19.8 Å². The van der Waals surface area contributed by atoms with E-state index in [1.54, 1.807) is 19.4 Å². The van der Waals surface area contributed by atoms with Crippen molar-refractivity contribution in [1.29, 1.82) is 0 Å². The van der Waals surface area contributed by atoms with Crippen LogP contribution in [0.15, 0.2) is 87.8 Å². The number of nitrogens with one attached hydrogen (secondary N) is 2. The summed E-state index contributed by atoms with van der Waals surface area (Å²) >= 11 is 0. The zero-order chi connectivity index (χ0) is 24.5. The van der Waals surface area contributed by atoms with Gasteiger partial charge in [0.1, 0.15) is 17.3 Å². The van der Waals surface area contributed by atoms with Crippen molar-refractivity contribution < 1.29 is 18.7 Å². The van der Waals surface area contributed by atoms with Gasteiger partial charge in [-0.2, -0.15) is 0 Å². The molecule has 1 amide bonds. The number of pyridine rings is 1. The van der Waals surface area contributed by atoms with Crippen molar-refractivity contribution in [3.8, 4) is 5.75 Å². The molecule has 2 aromatic heterocycles. The van der Waals surface area contributed by atoms with Crippen LogP contribution in [0.5, 0.6) is 5.75 Å². The van der Waals surface area contributed by atoms with E-state index in [9.17, 15) is 9.59 Å². The summed E-state index contributed by atoms with van der Waals surface area (Å²) in [5.74, 6) is 1.14. The lowest BCUT2D eigenvalue weighted by atomic mass is 9.72. The number of allylic oxidation sites excluding steroid dienone is 3. The van der Waals surface area contributed by atoms with Gasteiger partial charge in [0, 0.05) is 46.5 Å². The number of dihydropyridines is 1. The van der Waals surface area contributed by atoms with E-state index >= 15 is 0 Å². The van der Waals surface area contributed by atoms with E-state index in [1.165, 1.54) is 0 Å². The van der Waals surface area contributed by atoms with Crippen molar-refractivity contribution in [2.45, 2.75) is 38.5 Å². The van der Waals surface area contributed by atoms with E-state index in [1.807, 2.05) is 62.4 Å². The number of anilines is 1. The molecule has 3 heterocycles. The molecule has 0 radical (unpaired) electrons. The number of carbonyl (C=O) groups excluding carboxylic acids is 2. The number of aryl methyl sites for hydroxylation is 1. The average Bonchev–Trinajstić information content (AvgIpc) is 3.38. The Morgan fingerprint density at radius 2 is 1.89 bits per heavy atom. The predicted molar refractivity (Wildman–Crippen MR) is 132 cm³/mol. The molecule has 2 unspecified atom stereocenters. The summed E-state index contributed by atoms with van der Waals surface area (Å²) in [6.07, 6.45) is 2.59. The van der Waals surface area contributed by atoms with Crippen LogP contribution in [0.3, 0.4) is 0 Å². The molecule has 7 heteroatoms. The molecular formula is C28H27N3O4. The van der Waals surface area contributed by atoms with Crippen molar-refractivity contribution >= 4 is 17.5 Å². The first-order valence-corrected chi connectivity index (χ1v) is 11.6. The van der Waals surface area contributed by atoms with E-state index in [2.05, 4.69) is 15.6 Å².